The fourth-order valence-electron chi connectivity index (χ4n) is 1.79. The van der Waals surface area contributed by atoms with E-state index in [1.54, 1.807) is 30.3 Å². The van der Waals surface area contributed by atoms with Crippen molar-refractivity contribution < 1.29 is 29.0 Å². The van der Waals surface area contributed by atoms with Crippen molar-refractivity contribution in [2.24, 2.45) is 11.5 Å². The molecular formula is C16H21N3O6. The largest absolute Gasteiger partial charge is 0.481 e. The Morgan fingerprint density at radius 3 is 2.24 bits per heavy atom. The highest BCUT2D eigenvalue weighted by Crippen LogP contribution is 2.11. The average molecular weight is 351 g/mol. The first-order chi connectivity index (χ1) is 11.5. The van der Waals surface area contributed by atoms with Crippen molar-refractivity contribution in [1.82, 2.24) is 4.90 Å². The molecule has 0 aliphatic rings. The fourth-order valence-corrected chi connectivity index (χ4v) is 1.79. The van der Waals surface area contributed by atoms with E-state index in [0.29, 0.717) is 5.56 Å². The van der Waals surface area contributed by atoms with E-state index in [1.165, 1.54) is 13.8 Å². The average Bonchev–Trinajstić information content (AvgIpc) is 2.52. The van der Waals surface area contributed by atoms with Gasteiger partial charge >= 0.3 is 12.1 Å². The van der Waals surface area contributed by atoms with E-state index in [1.807, 2.05) is 0 Å². The van der Waals surface area contributed by atoms with Crippen molar-refractivity contribution >= 4 is 23.9 Å². The summed E-state index contributed by atoms with van der Waals surface area (Å²) in [6.07, 6.45) is -2.02. The Labute approximate surface area is 144 Å². The van der Waals surface area contributed by atoms with Gasteiger partial charge in [-0.25, -0.2) is 4.79 Å². The van der Waals surface area contributed by atoms with E-state index in [9.17, 15) is 19.2 Å². The van der Waals surface area contributed by atoms with Gasteiger partial charge in [0.2, 0.25) is 0 Å². The third kappa shape index (κ3) is 5.98. The zero-order valence-electron chi connectivity index (χ0n) is 14.0. The van der Waals surface area contributed by atoms with Gasteiger partial charge in [-0.3, -0.25) is 14.4 Å². The number of amides is 3. The van der Waals surface area contributed by atoms with Gasteiger partial charge in [-0.1, -0.05) is 30.3 Å². The molecule has 9 nitrogen and oxygen atoms in total. The van der Waals surface area contributed by atoms with Crippen LogP contribution in [0.2, 0.25) is 0 Å². The number of nitrogens with zero attached hydrogens (tertiary/aromatic N) is 1. The van der Waals surface area contributed by atoms with Crippen molar-refractivity contribution in [2.75, 3.05) is 0 Å². The SMILES string of the molecule is CC(C)(N)C(=O)N(C(=O)OCc1ccccc1)C(=O)[C@@H](N)CC(=O)O. The second-order valence-electron chi connectivity index (χ2n) is 5.95. The molecule has 0 spiro atoms. The summed E-state index contributed by atoms with van der Waals surface area (Å²) in [6, 6.07) is 7.00. The summed E-state index contributed by atoms with van der Waals surface area (Å²) in [5.41, 5.74) is 10.2. The van der Waals surface area contributed by atoms with Crippen LogP contribution in [0.1, 0.15) is 25.8 Å². The van der Waals surface area contributed by atoms with Crippen LogP contribution in [-0.2, 0) is 25.7 Å². The van der Waals surface area contributed by atoms with Crippen LogP contribution in [-0.4, -0.2) is 45.5 Å². The molecule has 25 heavy (non-hydrogen) atoms. The summed E-state index contributed by atoms with van der Waals surface area (Å²) >= 11 is 0. The first-order valence-electron chi connectivity index (χ1n) is 7.39. The first kappa shape index (κ1) is 20.3. The van der Waals surface area contributed by atoms with Crippen molar-refractivity contribution in [3.05, 3.63) is 35.9 Å². The van der Waals surface area contributed by atoms with Crippen molar-refractivity contribution in [2.45, 2.75) is 38.5 Å². The number of benzene rings is 1. The summed E-state index contributed by atoms with van der Waals surface area (Å²) in [5.74, 6) is -3.58. The minimum atomic E-state index is -1.59. The van der Waals surface area contributed by atoms with E-state index in [2.05, 4.69) is 0 Å². The van der Waals surface area contributed by atoms with Crippen LogP contribution in [0.5, 0.6) is 0 Å². The Bertz CT molecular complexity index is 654. The van der Waals surface area contributed by atoms with Gasteiger partial charge in [0.25, 0.3) is 11.8 Å². The van der Waals surface area contributed by atoms with E-state index in [4.69, 9.17) is 21.3 Å². The van der Waals surface area contributed by atoms with Crippen LogP contribution in [0.4, 0.5) is 4.79 Å². The Morgan fingerprint density at radius 2 is 1.76 bits per heavy atom. The quantitative estimate of drug-likeness (QED) is 0.657. The maximum absolute atomic E-state index is 12.3. The summed E-state index contributed by atoms with van der Waals surface area (Å²) in [5, 5.41) is 8.73. The molecule has 0 unspecified atom stereocenters. The van der Waals surface area contributed by atoms with E-state index in [0.717, 1.165) is 0 Å². The summed E-state index contributed by atoms with van der Waals surface area (Å²) in [7, 11) is 0. The molecule has 1 aromatic rings. The number of hydrogen-bond acceptors (Lipinski definition) is 7. The van der Waals surface area contributed by atoms with Gasteiger partial charge < -0.3 is 21.3 Å². The maximum atomic E-state index is 12.3. The molecule has 0 saturated heterocycles. The normalized spacial score (nSPS) is 12.2. The highest BCUT2D eigenvalue weighted by Gasteiger charge is 2.40. The molecule has 0 bridgehead atoms. The minimum Gasteiger partial charge on any atom is -0.481 e. The molecule has 0 aromatic heterocycles. The molecule has 9 heteroatoms. The molecule has 0 aliphatic carbocycles. The van der Waals surface area contributed by atoms with Crippen molar-refractivity contribution in [1.29, 1.82) is 0 Å². The number of carbonyl (C=O) groups excluding carboxylic acids is 3. The zero-order valence-corrected chi connectivity index (χ0v) is 14.0. The van der Waals surface area contributed by atoms with Crippen LogP contribution in [0.3, 0.4) is 0 Å². The molecule has 5 N–H and O–H groups in total. The summed E-state index contributed by atoms with van der Waals surface area (Å²) in [4.78, 5) is 47.7. The molecule has 0 aliphatic heterocycles. The fraction of sp³-hybridized carbons (Fsp3) is 0.375. The van der Waals surface area contributed by atoms with Crippen LogP contribution in [0, 0.1) is 0 Å². The molecule has 1 rings (SSSR count). The third-order valence-corrected chi connectivity index (χ3v) is 3.07. The highest BCUT2D eigenvalue weighted by molar-refractivity contribution is 6.13. The number of carboxylic acids is 1. The monoisotopic (exact) mass is 351 g/mol. The lowest BCUT2D eigenvalue weighted by atomic mass is 10.0. The van der Waals surface area contributed by atoms with Crippen LogP contribution in [0.25, 0.3) is 0 Å². The Balaban J connectivity index is 2.97. The first-order valence-corrected chi connectivity index (χ1v) is 7.39. The molecule has 0 radical (unpaired) electrons. The van der Waals surface area contributed by atoms with Gasteiger partial charge in [-0.05, 0) is 19.4 Å². The minimum absolute atomic E-state index is 0.163. The van der Waals surface area contributed by atoms with Gasteiger partial charge in [-0.2, -0.15) is 4.90 Å². The van der Waals surface area contributed by atoms with E-state index < -0.39 is 41.9 Å². The lowest BCUT2D eigenvalue weighted by Crippen LogP contribution is -2.58. The van der Waals surface area contributed by atoms with Crippen molar-refractivity contribution in [3.8, 4) is 0 Å². The lowest BCUT2D eigenvalue weighted by molar-refractivity contribution is -0.149. The van der Waals surface area contributed by atoms with Crippen LogP contribution >= 0.6 is 0 Å². The molecule has 0 fully saturated rings. The Hall–Kier alpha value is -2.78. The molecule has 0 heterocycles. The molecule has 0 saturated carbocycles. The van der Waals surface area contributed by atoms with Gasteiger partial charge in [0.15, 0.2) is 0 Å². The van der Waals surface area contributed by atoms with Crippen LogP contribution in [0.15, 0.2) is 30.3 Å². The number of nitrogens with two attached hydrogens (primary N) is 2. The van der Waals surface area contributed by atoms with E-state index >= 15 is 0 Å². The lowest BCUT2D eigenvalue weighted by Gasteiger charge is -2.27. The zero-order chi connectivity index (χ0) is 19.2. The molecule has 1 aromatic carbocycles. The molecule has 3 amide bonds. The predicted molar refractivity (Wildman–Crippen MR) is 87.0 cm³/mol. The number of ether oxygens (including phenoxy) is 1. The Kier molecular flexibility index (Phi) is 6.77. The second-order valence-corrected chi connectivity index (χ2v) is 5.95. The number of carboxylic acid groups (broad SMARTS) is 1. The van der Waals surface area contributed by atoms with Crippen molar-refractivity contribution in [3.63, 3.8) is 0 Å². The van der Waals surface area contributed by atoms with Gasteiger partial charge in [0.05, 0.1) is 18.0 Å². The van der Waals surface area contributed by atoms with Gasteiger partial charge in [-0.15, -0.1) is 0 Å². The number of carbonyl (C=O) groups is 4. The standard InChI is InChI=1S/C16H21N3O6/c1-16(2,18)14(23)19(13(22)11(17)8-12(20)21)15(24)25-9-10-6-4-3-5-7-10/h3-7,11H,8-9,17-18H2,1-2H3,(H,20,21)/t11-/m0/s1. The summed E-state index contributed by atoms with van der Waals surface area (Å²) < 4.78 is 4.97. The topological polar surface area (TPSA) is 153 Å². The predicted octanol–water partition coefficient (Wildman–Crippen LogP) is 0.218. The van der Waals surface area contributed by atoms with Gasteiger partial charge in [0, 0.05) is 0 Å². The number of imide groups is 3. The Morgan fingerprint density at radius 1 is 1.20 bits per heavy atom. The number of hydrogen-bond donors (Lipinski definition) is 3. The summed E-state index contributed by atoms with van der Waals surface area (Å²) in [6.45, 7) is 2.40. The smallest absolute Gasteiger partial charge is 0.423 e. The molecule has 136 valence electrons. The van der Waals surface area contributed by atoms with Crippen LogP contribution < -0.4 is 11.5 Å². The van der Waals surface area contributed by atoms with Gasteiger partial charge in [0.1, 0.15) is 6.61 Å². The number of aliphatic carboxylic acids is 1. The molecular weight excluding hydrogens is 330 g/mol. The second kappa shape index (κ2) is 8.36. The third-order valence-electron chi connectivity index (χ3n) is 3.07. The molecule has 1 atom stereocenters. The highest BCUT2D eigenvalue weighted by atomic mass is 16.6. The number of rotatable bonds is 6. The van der Waals surface area contributed by atoms with E-state index in [-0.39, 0.29) is 11.5 Å². The maximum Gasteiger partial charge on any atom is 0.423 e.